The van der Waals surface area contributed by atoms with Gasteiger partial charge in [-0.2, -0.15) is 11.8 Å². The van der Waals surface area contributed by atoms with Crippen molar-refractivity contribution in [1.29, 1.82) is 0 Å². The van der Waals surface area contributed by atoms with Crippen LogP contribution in [0.1, 0.15) is 45.3 Å². The van der Waals surface area contributed by atoms with Crippen LogP contribution in [0.15, 0.2) is 48.5 Å². The first-order chi connectivity index (χ1) is 15.3. The van der Waals surface area contributed by atoms with Crippen molar-refractivity contribution in [3.8, 4) is 0 Å². The van der Waals surface area contributed by atoms with E-state index in [1.165, 1.54) is 0 Å². The van der Waals surface area contributed by atoms with Gasteiger partial charge in [0.2, 0.25) is 5.78 Å². The first-order valence-electron chi connectivity index (χ1n) is 10.5. The van der Waals surface area contributed by atoms with Crippen molar-refractivity contribution in [1.82, 2.24) is 10.3 Å². The number of ketones is 1. The van der Waals surface area contributed by atoms with Crippen molar-refractivity contribution in [2.45, 2.75) is 39.3 Å². The Balaban J connectivity index is 1.74. The number of para-hydroxylation sites is 1. The molecular weight excluding hydrogens is 424 g/mol. The molecule has 32 heavy (non-hydrogen) atoms. The van der Waals surface area contributed by atoms with E-state index in [0.717, 1.165) is 22.2 Å². The van der Waals surface area contributed by atoms with Crippen LogP contribution in [0.5, 0.6) is 0 Å². The maximum Gasteiger partial charge on any atom is 0.329 e. The Morgan fingerprint density at radius 1 is 1.09 bits per heavy atom. The second kappa shape index (κ2) is 10.5. The lowest BCUT2D eigenvalue weighted by Gasteiger charge is -2.20. The Morgan fingerprint density at radius 2 is 1.84 bits per heavy atom. The zero-order valence-corrected chi connectivity index (χ0v) is 19.5. The number of aromatic amines is 1. The molecule has 0 bridgehead atoms. The number of esters is 1. The predicted molar refractivity (Wildman–Crippen MR) is 128 cm³/mol. The van der Waals surface area contributed by atoms with Crippen LogP contribution in [0.25, 0.3) is 10.9 Å². The van der Waals surface area contributed by atoms with Crippen molar-refractivity contribution < 1.29 is 19.1 Å². The molecule has 6 nitrogen and oxygen atoms in total. The van der Waals surface area contributed by atoms with E-state index in [1.807, 2.05) is 50.4 Å². The number of Topliss-reactive ketones (excluding diaryl/α,β-unsaturated/α-hetero) is 1. The summed E-state index contributed by atoms with van der Waals surface area (Å²) in [5, 5.41) is 3.57. The first kappa shape index (κ1) is 23.6. The summed E-state index contributed by atoms with van der Waals surface area (Å²) in [5.74, 6) is -0.568. The number of aryl methyl sites for hydroxylation is 2. The molecule has 1 aromatic heterocycles. The third-order valence-electron chi connectivity index (χ3n) is 5.28. The molecule has 0 spiro atoms. The SMILES string of the molecule is CSCC[C@H](NC(=O)c1cccc(C)c1)C(=O)O[C@@H](C)C(=O)c1c(C)[nH]c2ccccc12. The molecule has 2 atom stereocenters. The van der Waals surface area contributed by atoms with E-state index in [-0.39, 0.29) is 11.7 Å². The van der Waals surface area contributed by atoms with Crippen molar-refractivity contribution in [3.63, 3.8) is 0 Å². The number of nitrogens with one attached hydrogen (secondary N) is 2. The molecule has 0 unspecified atom stereocenters. The number of benzene rings is 2. The summed E-state index contributed by atoms with van der Waals surface area (Å²) in [7, 11) is 0. The molecule has 0 aliphatic rings. The maximum atomic E-state index is 13.1. The molecule has 3 rings (SSSR count). The minimum absolute atomic E-state index is 0.276. The molecule has 7 heteroatoms. The van der Waals surface area contributed by atoms with Crippen molar-refractivity contribution >= 4 is 40.3 Å². The van der Waals surface area contributed by atoms with Crippen LogP contribution in [0.4, 0.5) is 0 Å². The van der Waals surface area contributed by atoms with E-state index in [0.29, 0.717) is 23.3 Å². The van der Waals surface area contributed by atoms with Crippen LogP contribution < -0.4 is 5.32 Å². The lowest BCUT2D eigenvalue weighted by atomic mass is 10.0. The predicted octanol–water partition coefficient (Wildman–Crippen LogP) is 4.45. The first-order valence-corrected chi connectivity index (χ1v) is 11.9. The van der Waals surface area contributed by atoms with E-state index in [4.69, 9.17) is 4.74 Å². The van der Waals surface area contributed by atoms with Crippen LogP contribution in [0, 0.1) is 13.8 Å². The van der Waals surface area contributed by atoms with Crippen LogP contribution in [0.3, 0.4) is 0 Å². The summed E-state index contributed by atoms with van der Waals surface area (Å²) in [6.07, 6.45) is 1.36. The fourth-order valence-electron chi connectivity index (χ4n) is 3.62. The highest BCUT2D eigenvalue weighted by Gasteiger charge is 2.29. The van der Waals surface area contributed by atoms with E-state index in [9.17, 15) is 14.4 Å². The molecule has 1 heterocycles. The van der Waals surface area contributed by atoms with Crippen LogP contribution in [-0.2, 0) is 9.53 Å². The van der Waals surface area contributed by atoms with Gasteiger partial charge in [0, 0.05) is 27.7 Å². The topological polar surface area (TPSA) is 88.3 Å². The molecule has 0 fully saturated rings. The zero-order chi connectivity index (χ0) is 23.3. The average Bonchev–Trinajstić information content (AvgIpc) is 3.11. The van der Waals surface area contributed by atoms with Gasteiger partial charge in [0.15, 0.2) is 6.10 Å². The second-order valence-corrected chi connectivity index (χ2v) is 8.78. The lowest BCUT2D eigenvalue weighted by molar-refractivity contribution is -0.148. The minimum atomic E-state index is -0.979. The van der Waals surface area contributed by atoms with Gasteiger partial charge in [-0.05, 0) is 57.4 Å². The molecule has 3 aromatic rings. The van der Waals surface area contributed by atoms with Gasteiger partial charge < -0.3 is 15.0 Å². The number of thioether (sulfide) groups is 1. The number of carbonyl (C=O) groups excluding carboxylic acids is 3. The van der Waals surface area contributed by atoms with Gasteiger partial charge in [-0.15, -0.1) is 0 Å². The van der Waals surface area contributed by atoms with Crippen LogP contribution in [-0.4, -0.2) is 46.8 Å². The van der Waals surface area contributed by atoms with Gasteiger partial charge in [0.05, 0.1) is 0 Å². The van der Waals surface area contributed by atoms with Gasteiger partial charge in [0.1, 0.15) is 6.04 Å². The highest BCUT2D eigenvalue weighted by Crippen LogP contribution is 2.24. The monoisotopic (exact) mass is 452 g/mol. The molecule has 2 aromatic carbocycles. The minimum Gasteiger partial charge on any atom is -0.453 e. The van der Waals surface area contributed by atoms with Crippen LogP contribution in [0.2, 0.25) is 0 Å². The Bertz CT molecular complexity index is 1140. The van der Waals surface area contributed by atoms with Gasteiger partial charge in [-0.3, -0.25) is 9.59 Å². The summed E-state index contributed by atoms with van der Waals surface area (Å²) >= 11 is 1.57. The van der Waals surface area contributed by atoms with Crippen LogP contribution >= 0.6 is 11.8 Å². The quantitative estimate of drug-likeness (QED) is 0.370. The molecule has 2 N–H and O–H groups in total. The Morgan fingerprint density at radius 3 is 2.56 bits per heavy atom. The number of hydrogen-bond donors (Lipinski definition) is 2. The fourth-order valence-corrected chi connectivity index (χ4v) is 4.09. The number of carbonyl (C=O) groups is 3. The average molecular weight is 453 g/mol. The number of aromatic nitrogens is 1. The number of fused-ring (bicyclic) bond motifs is 1. The van der Waals surface area contributed by atoms with E-state index in [2.05, 4.69) is 10.3 Å². The Labute approximate surface area is 192 Å². The van der Waals surface area contributed by atoms with Crippen molar-refractivity contribution in [2.24, 2.45) is 0 Å². The molecule has 1 amide bonds. The summed E-state index contributed by atoms with van der Waals surface area (Å²) in [4.78, 5) is 41.9. The smallest absolute Gasteiger partial charge is 0.329 e. The van der Waals surface area contributed by atoms with Gasteiger partial charge in [-0.1, -0.05) is 35.9 Å². The lowest BCUT2D eigenvalue weighted by Crippen LogP contribution is -2.44. The van der Waals surface area contributed by atoms with E-state index < -0.39 is 18.1 Å². The molecular formula is C25H28N2O4S. The summed E-state index contributed by atoms with van der Waals surface area (Å²) in [6, 6.07) is 13.8. The number of ether oxygens (including phenoxy) is 1. The van der Waals surface area contributed by atoms with Gasteiger partial charge in [0.25, 0.3) is 5.91 Å². The molecule has 168 valence electrons. The highest BCUT2D eigenvalue weighted by molar-refractivity contribution is 7.98. The van der Waals surface area contributed by atoms with Crippen molar-refractivity contribution in [2.75, 3.05) is 12.0 Å². The third kappa shape index (κ3) is 5.40. The highest BCUT2D eigenvalue weighted by atomic mass is 32.2. The normalized spacial score (nSPS) is 12.9. The van der Waals surface area contributed by atoms with E-state index >= 15 is 0 Å². The number of amides is 1. The fraction of sp³-hybridized carbons (Fsp3) is 0.320. The Kier molecular flexibility index (Phi) is 7.75. The second-order valence-electron chi connectivity index (χ2n) is 7.79. The summed E-state index contributed by atoms with van der Waals surface area (Å²) < 4.78 is 5.53. The maximum absolute atomic E-state index is 13.1. The zero-order valence-electron chi connectivity index (χ0n) is 18.7. The van der Waals surface area contributed by atoms with Gasteiger partial charge in [-0.25, -0.2) is 4.79 Å². The number of rotatable bonds is 9. The third-order valence-corrected chi connectivity index (χ3v) is 5.93. The molecule has 0 saturated heterocycles. The molecule has 0 aliphatic heterocycles. The number of hydrogen-bond acceptors (Lipinski definition) is 5. The molecule has 0 saturated carbocycles. The van der Waals surface area contributed by atoms with E-state index in [1.54, 1.807) is 36.9 Å². The van der Waals surface area contributed by atoms with Gasteiger partial charge >= 0.3 is 5.97 Å². The largest absolute Gasteiger partial charge is 0.453 e. The number of H-pyrrole nitrogens is 1. The van der Waals surface area contributed by atoms with Crippen molar-refractivity contribution in [3.05, 3.63) is 70.9 Å². The Hall–Kier alpha value is -3.06. The molecule has 0 aliphatic carbocycles. The molecule has 0 radical (unpaired) electrons. The summed E-state index contributed by atoms with van der Waals surface area (Å²) in [5.41, 5.74) is 3.53. The summed E-state index contributed by atoms with van der Waals surface area (Å²) in [6.45, 7) is 5.29. The standard InChI is InChI=1S/C25H28N2O4S/c1-15-8-7-9-18(14-15)24(29)27-21(12-13-32-4)25(30)31-17(3)23(28)22-16(2)26-20-11-6-5-10-19(20)22/h5-11,14,17,21,26H,12-13H2,1-4H3,(H,27,29)/t17-,21-/m0/s1.